The van der Waals surface area contributed by atoms with Gasteiger partial charge in [0.05, 0.1) is 0 Å². The van der Waals surface area contributed by atoms with Gasteiger partial charge in [0.2, 0.25) is 5.91 Å². The van der Waals surface area contributed by atoms with Crippen molar-refractivity contribution in [1.29, 1.82) is 0 Å². The van der Waals surface area contributed by atoms with Crippen LogP contribution in [0, 0.1) is 5.41 Å². The van der Waals surface area contributed by atoms with Gasteiger partial charge in [-0.25, -0.2) is 0 Å². The van der Waals surface area contributed by atoms with Crippen LogP contribution < -0.4 is 10.6 Å². The van der Waals surface area contributed by atoms with Gasteiger partial charge in [0.15, 0.2) is 5.41 Å². The molecule has 1 aromatic heterocycles. The lowest BCUT2D eigenvalue weighted by molar-refractivity contribution is -0.215. The van der Waals surface area contributed by atoms with E-state index in [2.05, 4.69) is 20.8 Å². The highest BCUT2D eigenvalue weighted by Gasteiger charge is 2.61. The van der Waals surface area contributed by atoms with E-state index in [1.165, 1.54) is 6.33 Å². The van der Waals surface area contributed by atoms with Crippen molar-refractivity contribution in [1.82, 2.24) is 25.4 Å². The summed E-state index contributed by atoms with van der Waals surface area (Å²) in [4.78, 5) is 11.9. The van der Waals surface area contributed by atoms with Crippen LogP contribution >= 0.6 is 0 Å². The third kappa shape index (κ3) is 2.62. The number of hydrogen-bond acceptors (Lipinski definition) is 4. The Morgan fingerprint density at radius 2 is 2.35 bits per heavy atom. The van der Waals surface area contributed by atoms with E-state index in [0.717, 1.165) is 0 Å². The van der Waals surface area contributed by atoms with E-state index in [4.69, 9.17) is 0 Å². The van der Waals surface area contributed by atoms with Crippen molar-refractivity contribution in [3.05, 3.63) is 12.2 Å². The standard InChI is InChI=1S/C11H16F3N5O/c1-19-7-17-18-8(19)2-4-16-9(20)10(11(12,13)14)3-5-15-6-10/h7,15H,2-6H2,1H3,(H,16,20). The third-order valence-electron chi connectivity index (χ3n) is 3.57. The molecule has 20 heavy (non-hydrogen) atoms. The largest absolute Gasteiger partial charge is 0.404 e. The minimum absolute atomic E-state index is 0.100. The fourth-order valence-electron chi connectivity index (χ4n) is 2.25. The second-order valence-electron chi connectivity index (χ2n) is 4.87. The predicted octanol–water partition coefficient (Wildman–Crippen LogP) is 0.0158. The average molecular weight is 291 g/mol. The number of rotatable bonds is 4. The molecule has 1 aliphatic heterocycles. The zero-order valence-electron chi connectivity index (χ0n) is 11.0. The highest BCUT2D eigenvalue weighted by Crippen LogP contribution is 2.43. The Balaban J connectivity index is 1.95. The first-order valence-electron chi connectivity index (χ1n) is 6.25. The van der Waals surface area contributed by atoms with Crippen molar-refractivity contribution in [2.24, 2.45) is 12.5 Å². The van der Waals surface area contributed by atoms with Gasteiger partial charge in [-0.05, 0) is 13.0 Å². The van der Waals surface area contributed by atoms with E-state index in [1.54, 1.807) is 11.6 Å². The number of hydrogen-bond donors (Lipinski definition) is 2. The number of amides is 1. The molecule has 1 amide bonds. The number of nitrogens with zero attached hydrogens (tertiary/aromatic N) is 3. The molecule has 0 bridgehead atoms. The smallest absolute Gasteiger partial charge is 0.355 e. The minimum atomic E-state index is -4.55. The molecule has 9 heteroatoms. The Bertz CT molecular complexity index is 479. The quantitative estimate of drug-likeness (QED) is 0.820. The summed E-state index contributed by atoms with van der Waals surface area (Å²) in [5, 5.41) is 12.4. The molecule has 1 fully saturated rings. The first kappa shape index (κ1) is 14.8. The second-order valence-corrected chi connectivity index (χ2v) is 4.87. The minimum Gasteiger partial charge on any atom is -0.355 e. The lowest BCUT2D eigenvalue weighted by Gasteiger charge is -2.29. The highest BCUT2D eigenvalue weighted by molar-refractivity contribution is 5.84. The van der Waals surface area contributed by atoms with Crippen LogP contribution in [0.15, 0.2) is 6.33 Å². The van der Waals surface area contributed by atoms with Crippen LogP contribution in [0.3, 0.4) is 0 Å². The number of carbonyl (C=O) groups is 1. The molecular formula is C11H16F3N5O. The topological polar surface area (TPSA) is 71.8 Å². The maximum absolute atomic E-state index is 13.1. The van der Waals surface area contributed by atoms with Gasteiger partial charge in [0.1, 0.15) is 12.2 Å². The lowest BCUT2D eigenvalue weighted by atomic mass is 9.85. The van der Waals surface area contributed by atoms with Crippen molar-refractivity contribution in [3.8, 4) is 0 Å². The Morgan fingerprint density at radius 1 is 1.60 bits per heavy atom. The van der Waals surface area contributed by atoms with Gasteiger partial charge in [0.25, 0.3) is 0 Å². The maximum Gasteiger partial charge on any atom is 0.404 e. The van der Waals surface area contributed by atoms with Crippen LogP contribution in [0.2, 0.25) is 0 Å². The molecule has 1 saturated heterocycles. The summed E-state index contributed by atoms with van der Waals surface area (Å²) in [7, 11) is 1.73. The first-order chi connectivity index (χ1) is 9.37. The zero-order valence-corrected chi connectivity index (χ0v) is 11.0. The zero-order chi connectivity index (χ0) is 14.8. The van der Waals surface area contributed by atoms with Gasteiger partial charge in [-0.15, -0.1) is 10.2 Å². The van der Waals surface area contributed by atoms with Gasteiger partial charge in [-0.3, -0.25) is 4.79 Å². The van der Waals surface area contributed by atoms with Crippen molar-refractivity contribution in [3.63, 3.8) is 0 Å². The molecule has 2 heterocycles. The number of aryl methyl sites for hydroxylation is 1. The van der Waals surface area contributed by atoms with E-state index in [1.807, 2.05) is 0 Å². The molecule has 1 aliphatic rings. The SMILES string of the molecule is Cn1cnnc1CCNC(=O)C1(C(F)(F)F)CCNC1. The Morgan fingerprint density at radius 3 is 2.85 bits per heavy atom. The fourth-order valence-corrected chi connectivity index (χ4v) is 2.25. The fraction of sp³-hybridized carbons (Fsp3) is 0.727. The van der Waals surface area contributed by atoms with E-state index in [-0.39, 0.29) is 26.1 Å². The normalized spacial score (nSPS) is 23.0. The summed E-state index contributed by atoms with van der Waals surface area (Å²) in [5.41, 5.74) is -2.31. The molecule has 2 N–H and O–H groups in total. The van der Waals surface area contributed by atoms with Crippen molar-refractivity contribution in [2.75, 3.05) is 19.6 Å². The van der Waals surface area contributed by atoms with Gasteiger partial charge in [-0.1, -0.05) is 0 Å². The van der Waals surface area contributed by atoms with Crippen LogP contribution in [0.1, 0.15) is 12.2 Å². The summed E-state index contributed by atoms with van der Waals surface area (Å²) in [6.07, 6.45) is -2.95. The van der Waals surface area contributed by atoms with Crippen LogP contribution in [-0.4, -0.2) is 46.5 Å². The summed E-state index contributed by atoms with van der Waals surface area (Å²) in [6.45, 7) is -0.0777. The van der Waals surface area contributed by atoms with Crippen molar-refractivity contribution >= 4 is 5.91 Å². The number of aromatic nitrogens is 3. The number of alkyl halides is 3. The van der Waals surface area contributed by atoms with Crippen LogP contribution in [0.25, 0.3) is 0 Å². The van der Waals surface area contributed by atoms with Crippen LogP contribution in [-0.2, 0) is 18.3 Å². The number of nitrogens with one attached hydrogen (secondary N) is 2. The van der Waals surface area contributed by atoms with E-state index in [9.17, 15) is 18.0 Å². The van der Waals surface area contributed by atoms with Gasteiger partial charge >= 0.3 is 6.18 Å². The Hall–Kier alpha value is -1.64. The molecule has 1 unspecified atom stereocenters. The second kappa shape index (κ2) is 5.39. The molecule has 0 aromatic carbocycles. The Kier molecular flexibility index (Phi) is 3.98. The molecular weight excluding hydrogens is 275 g/mol. The summed E-state index contributed by atoms with van der Waals surface area (Å²) >= 11 is 0. The molecule has 0 radical (unpaired) electrons. The van der Waals surface area contributed by atoms with E-state index < -0.39 is 17.5 Å². The summed E-state index contributed by atoms with van der Waals surface area (Å²) in [5.74, 6) is -0.368. The van der Waals surface area contributed by atoms with Crippen LogP contribution in [0.5, 0.6) is 0 Å². The summed E-state index contributed by atoms with van der Waals surface area (Å²) < 4.78 is 41.0. The van der Waals surface area contributed by atoms with Gasteiger partial charge in [0, 0.05) is 26.6 Å². The molecule has 112 valence electrons. The molecule has 0 aliphatic carbocycles. The lowest BCUT2D eigenvalue weighted by Crippen LogP contribution is -2.52. The Labute approximate surface area is 113 Å². The van der Waals surface area contributed by atoms with E-state index >= 15 is 0 Å². The van der Waals surface area contributed by atoms with Crippen molar-refractivity contribution < 1.29 is 18.0 Å². The molecule has 1 atom stereocenters. The average Bonchev–Trinajstić information content (AvgIpc) is 2.98. The predicted molar refractivity (Wildman–Crippen MR) is 63.7 cm³/mol. The summed E-state index contributed by atoms with van der Waals surface area (Å²) in [6, 6.07) is 0. The molecule has 2 rings (SSSR count). The highest BCUT2D eigenvalue weighted by atomic mass is 19.4. The first-order valence-corrected chi connectivity index (χ1v) is 6.25. The third-order valence-corrected chi connectivity index (χ3v) is 3.57. The monoisotopic (exact) mass is 291 g/mol. The van der Waals surface area contributed by atoms with Crippen molar-refractivity contribution in [2.45, 2.75) is 19.0 Å². The van der Waals surface area contributed by atoms with Gasteiger partial charge in [-0.2, -0.15) is 13.2 Å². The van der Waals surface area contributed by atoms with Gasteiger partial charge < -0.3 is 15.2 Å². The molecule has 0 saturated carbocycles. The van der Waals surface area contributed by atoms with E-state index in [0.29, 0.717) is 12.2 Å². The molecule has 1 aromatic rings. The number of carbonyl (C=O) groups excluding carboxylic acids is 1. The maximum atomic E-state index is 13.1. The van der Waals surface area contributed by atoms with Crippen LogP contribution in [0.4, 0.5) is 13.2 Å². The number of halogens is 3. The molecule has 0 spiro atoms. The molecule has 6 nitrogen and oxygen atoms in total.